The van der Waals surface area contributed by atoms with Gasteiger partial charge in [-0.1, -0.05) is 120 Å². The molecule has 2 saturated heterocycles. The number of hydrogen-bond acceptors (Lipinski definition) is 15. The molecular formula is C47H78O15. The number of carbonyl (C=O) groups excluding carboxylic acids is 2. The number of rotatable bonds is 33. The lowest BCUT2D eigenvalue weighted by Gasteiger charge is -2.42. The van der Waals surface area contributed by atoms with E-state index in [1.54, 1.807) is 0 Å². The highest BCUT2D eigenvalue weighted by molar-refractivity contribution is 5.70. The zero-order valence-corrected chi connectivity index (χ0v) is 37.1. The highest BCUT2D eigenvalue weighted by Crippen LogP contribution is 2.26. The maximum Gasteiger partial charge on any atom is 0.306 e. The van der Waals surface area contributed by atoms with Crippen LogP contribution in [0.4, 0.5) is 0 Å². The van der Waals surface area contributed by atoms with Crippen LogP contribution in [-0.2, 0) is 38.0 Å². The summed E-state index contributed by atoms with van der Waals surface area (Å²) in [4.78, 5) is 25.5. The number of allylic oxidation sites excluding steroid dienone is 10. The molecule has 2 aliphatic rings. The lowest BCUT2D eigenvalue weighted by Crippen LogP contribution is -2.61. The first kappa shape index (κ1) is 55.3. The van der Waals surface area contributed by atoms with Crippen LogP contribution in [0.15, 0.2) is 60.8 Å². The van der Waals surface area contributed by atoms with Gasteiger partial charge >= 0.3 is 11.9 Å². The Labute approximate surface area is 369 Å². The molecule has 0 aromatic heterocycles. The summed E-state index contributed by atoms with van der Waals surface area (Å²) in [7, 11) is 0. The van der Waals surface area contributed by atoms with Gasteiger partial charge in [-0.05, 0) is 57.8 Å². The second-order valence-corrected chi connectivity index (χ2v) is 15.9. The minimum atomic E-state index is -1.77. The standard InChI is InChI=1S/C47H78O15/c1-3-5-7-9-11-12-13-14-15-16-17-18-19-20-21-22-24-26-28-30-39(50)60-35(32-57-38(49)29-27-25-23-10-8-6-4-2)33-58-46-45(56)43(54)41(52)37(62-46)34-59-47-44(55)42(53)40(51)36(31-48)61-47/h5,7,11-12,14-15,17-18,20-21,35-37,40-48,51-56H,3-4,6,8-10,13,16,19,22-34H2,1-2H3/b7-5+,12-11+,15-14+,18-17+,21-20+/t35-,36+,37+,40-,41-,42?,43?,44?,45?,46+,47+/m1/s1. The Morgan fingerprint density at radius 3 is 1.60 bits per heavy atom. The van der Waals surface area contributed by atoms with Crippen LogP contribution < -0.4 is 0 Å². The predicted octanol–water partition coefficient (Wildman–Crippen LogP) is 4.92. The normalized spacial score (nSPS) is 27.6. The second-order valence-electron chi connectivity index (χ2n) is 15.9. The first-order valence-electron chi connectivity index (χ1n) is 22.9. The smallest absolute Gasteiger partial charge is 0.306 e. The topological polar surface area (TPSA) is 231 Å². The van der Waals surface area contributed by atoms with Crippen LogP contribution in [0.5, 0.6) is 0 Å². The highest BCUT2D eigenvalue weighted by atomic mass is 16.7. The van der Waals surface area contributed by atoms with Crippen molar-refractivity contribution in [2.24, 2.45) is 0 Å². The minimum Gasteiger partial charge on any atom is -0.462 e. The zero-order chi connectivity index (χ0) is 45.4. The summed E-state index contributed by atoms with van der Waals surface area (Å²) >= 11 is 0. The third-order valence-corrected chi connectivity index (χ3v) is 10.5. The second kappa shape index (κ2) is 34.6. The molecule has 11 atom stereocenters. The number of unbranched alkanes of at least 4 members (excludes halogenated alkanes) is 9. The van der Waals surface area contributed by atoms with E-state index < -0.39 is 99.3 Å². The quantitative estimate of drug-likeness (QED) is 0.0263. The molecule has 4 unspecified atom stereocenters. The van der Waals surface area contributed by atoms with E-state index in [0.717, 1.165) is 77.0 Å². The van der Waals surface area contributed by atoms with Crippen LogP contribution in [0.2, 0.25) is 0 Å². The Bertz CT molecular complexity index is 1320. The Balaban J connectivity index is 1.84. The molecule has 2 fully saturated rings. The van der Waals surface area contributed by atoms with E-state index in [9.17, 15) is 45.3 Å². The number of aliphatic hydroxyl groups excluding tert-OH is 7. The highest BCUT2D eigenvalue weighted by Gasteiger charge is 2.47. The molecule has 15 nitrogen and oxygen atoms in total. The molecule has 62 heavy (non-hydrogen) atoms. The molecule has 356 valence electrons. The van der Waals surface area contributed by atoms with Gasteiger partial charge in [0.1, 0.15) is 55.4 Å². The Morgan fingerprint density at radius 2 is 1.02 bits per heavy atom. The van der Waals surface area contributed by atoms with E-state index >= 15 is 0 Å². The van der Waals surface area contributed by atoms with Crippen molar-refractivity contribution in [1.29, 1.82) is 0 Å². The van der Waals surface area contributed by atoms with E-state index in [1.807, 2.05) is 0 Å². The summed E-state index contributed by atoms with van der Waals surface area (Å²) in [5.41, 5.74) is 0. The van der Waals surface area contributed by atoms with Crippen LogP contribution in [0.1, 0.15) is 129 Å². The third-order valence-electron chi connectivity index (χ3n) is 10.5. The molecule has 2 aliphatic heterocycles. The van der Waals surface area contributed by atoms with Crippen molar-refractivity contribution < 1.29 is 73.8 Å². The fraction of sp³-hybridized carbons (Fsp3) is 0.745. The van der Waals surface area contributed by atoms with Gasteiger partial charge in [-0.2, -0.15) is 0 Å². The van der Waals surface area contributed by atoms with E-state index in [4.69, 9.17) is 28.4 Å². The monoisotopic (exact) mass is 883 g/mol. The van der Waals surface area contributed by atoms with E-state index in [2.05, 4.69) is 74.6 Å². The van der Waals surface area contributed by atoms with Gasteiger partial charge in [0.25, 0.3) is 0 Å². The van der Waals surface area contributed by atoms with Crippen molar-refractivity contribution in [3.63, 3.8) is 0 Å². The van der Waals surface area contributed by atoms with Crippen molar-refractivity contribution in [2.75, 3.05) is 26.4 Å². The number of ether oxygens (including phenoxy) is 6. The van der Waals surface area contributed by atoms with E-state index in [1.165, 1.54) is 12.8 Å². The summed E-state index contributed by atoms with van der Waals surface area (Å²) in [5.74, 6) is -0.976. The van der Waals surface area contributed by atoms with Crippen LogP contribution in [0, 0.1) is 0 Å². The molecule has 15 heteroatoms. The molecule has 0 aromatic rings. The molecular weight excluding hydrogens is 805 g/mol. The Hall–Kier alpha value is -2.80. The van der Waals surface area contributed by atoms with Gasteiger partial charge in [-0.3, -0.25) is 9.59 Å². The van der Waals surface area contributed by atoms with Crippen molar-refractivity contribution in [2.45, 2.75) is 197 Å². The van der Waals surface area contributed by atoms with Gasteiger partial charge in [0, 0.05) is 12.8 Å². The maximum atomic E-state index is 12.9. The van der Waals surface area contributed by atoms with Gasteiger partial charge < -0.3 is 64.2 Å². The maximum absolute atomic E-state index is 12.9. The van der Waals surface area contributed by atoms with Crippen LogP contribution in [0.25, 0.3) is 0 Å². The van der Waals surface area contributed by atoms with Gasteiger partial charge in [-0.25, -0.2) is 0 Å². The predicted molar refractivity (Wildman–Crippen MR) is 233 cm³/mol. The summed E-state index contributed by atoms with van der Waals surface area (Å²) in [6, 6.07) is 0. The third kappa shape index (κ3) is 23.2. The van der Waals surface area contributed by atoms with Crippen LogP contribution in [0.3, 0.4) is 0 Å². The van der Waals surface area contributed by atoms with Gasteiger partial charge in [0.2, 0.25) is 0 Å². The average Bonchev–Trinajstić information content (AvgIpc) is 3.26. The molecule has 0 saturated carbocycles. The Morgan fingerprint density at radius 1 is 0.532 bits per heavy atom. The van der Waals surface area contributed by atoms with Gasteiger partial charge in [0.15, 0.2) is 18.7 Å². The largest absolute Gasteiger partial charge is 0.462 e. The molecule has 2 rings (SSSR count). The number of aliphatic hydroxyl groups is 7. The number of hydrogen-bond donors (Lipinski definition) is 7. The summed E-state index contributed by atoms with van der Waals surface area (Å²) in [5, 5.41) is 71.8. The first-order chi connectivity index (χ1) is 30.0. The fourth-order valence-electron chi connectivity index (χ4n) is 6.71. The lowest BCUT2D eigenvalue weighted by molar-refractivity contribution is -0.332. The number of esters is 2. The van der Waals surface area contributed by atoms with Crippen molar-refractivity contribution >= 4 is 11.9 Å². The first-order valence-corrected chi connectivity index (χ1v) is 22.9. The van der Waals surface area contributed by atoms with Gasteiger partial charge in [0.05, 0.1) is 19.8 Å². The molecule has 0 spiro atoms. The average molecular weight is 883 g/mol. The minimum absolute atomic E-state index is 0.124. The van der Waals surface area contributed by atoms with E-state index in [-0.39, 0.29) is 19.4 Å². The van der Waals surface area contributed by atoms with Crippen LogP contribution in [-0.4, -0.2) is 142 Å². The summed E-state index contributed by atoms with van der Waals surface area (Å²) in [6.07, 6.45) is 20.0. The Kier molecular flexibility index (Phi) is 30.9. The lowest BCUT2D eigenvalue weighted by atomic mass is 9.98. The van der Waals surface area contributed by atoms with Crippen molar-refractivity contribution in [3.05, 3.63) is 60.8 Å². The molecule has 0 aromatic carbocycles. The van der Waals surface area contributed by atoms with Crippen LogP contribution >= 0.6 is 0 Å². The van der Waals surface area contributed by atoms with Crippen molar-refractivity contribution in [3.8, 4) is 0 Å². The van der Waals surface area contributed by atoms with Crippen molar-refractivity contribution in [1.82, 2.24) is 0 Å². The molecule has 2 heterocycles. The molecule has 0 amide bonds. The van der Waals surface area contributed by atoms with E-state index in [0.29, 0.717) is 12.8 Å². The van der Waals surface area contributed by atoms with Gasteiger partial charge in [-0.15, -0.1) is 0 Å². The molecule has 7 N–H and O–H groups in total. The summed E-state index contributed by atoms with van der Waals surface area (Å²) in [6.45, 7) is 2.35. The molecule has 0 aliphatic carbocycles. The zero-order valence-electron chi connectivity index (χ0n) is 37.1. The fourth-order valence-corrected chi connectivity index (χ4v) is 6.71. The molecule has 0 bridgehead atoms. The SMILES string of the molecule is CC/C=C/C/C=C/C/C=C/C/C=C/C/C=C/CCCCCC(=O)O[C@H](COC(=O)CCCCCCCCC)CO[C@H]1O[C@@H](CO[C@H]2O[C@@H](CO)[C@@H](O)C(O)C2O)[C@@H](O)C(O)C1O. The summed E-state index contributed by atoms with van der Waals surface area (Å²) < 4.78 is 33.3. The molecule has 0 radical (unpaired) electrons. The number of carbonyl (C=O) groups is 2.